The van der Waals surface area contributed by atoms with Gasteiger partial charge in [0.05, 0.1) is 6.10 Å². The summed E-state index contributed by atoms with van der Waals surface area (Å²) in [4.78, 5) is 0. The van der Waals surface area contributed by atoms with Crippen LogP contribution in [0.4, 0.5) is 0 Å². The second-order valence-corrected chi connectivity index (χ2v) is 7.79. The number of hydrogen-bond acceptors (Lipinski definition) is 3. The monoisotopic (exact) mass is 290 g/mol. The molecule has 2 saturated heterocycles. The zero-order valence-electron chi connectivity index (χ0n) is 12.0. The van der Waals surface area contributed by atoms with Crippen molar-refractivity contribution < 1.29 is 13.5 Å². The second-order valence-electron chi connectivity index (χ2n) is 5.95. The van der Waals surface area contributed by atoms with Gasteiger partial charge in [-0.3, -0.25) is 0 Å². The van der Waals surface area contributed by atoms with Crippen LogP contribution in [-0.4, -0.2) is 53.4 Å². The summed E-state index contributed by atoms with van der Waals surface area (Å²) < 4.78 is 28.8. The summed E-state index contributed by atoms with van der Waals surface area (Å²) in [6.07, 6.45) is 4.89. The maximum atomic E-state index is 12.8. The van der Waals surface area contributed by atoms with Crippen molar-refractivity contribution in [2.75, 3.05) is 13.1 Å². The van der Waals surface area contributed by atoms with Crippen molar-refractivity contribution in [2.24, 2.45) is 0 Å². The summed E-state index contributed by atoms with van der Waals surface area (Å²) in [7, 11) is -3.35. The lowest BCUT2D eigenvalue weighted by Crippen LogP contribution is -2.51. The largest absolute Gasteiger partial charge is 0.393 e. The molecule has 2 fully saturated rings. The Balaban J connectivity index is 2.13. The van der Waals surface area contributed by atoms with Crippen molar-refractivity contribution in [3.8, 4) is 0 Å². The third kappa shape index (κ3) is 3.29. The summed E-state index contributed by atoms with van der Waals surface area (Å²) >= 11 is 0. The minimum atomic E-state index is -3.35. The molecule has 0 radical (unpaired) electrons. The van der Waals surface area contributed by atoms with Crippen LogP contribution in [0.2, 0.25) is 0 Å². The highest BCUT2D eigenvalue weighted by molar-refractivity contribution is 7.86. The molecule has 112 valence electrons. The van der Waals surface area contributed by atoms with Crippen LogP contribution in [0.25, 0.3) is 0 Å². The van der Waals surface area contributed by atoms with E-state index in [-0.39, 0.29) is 12.1 Å². The minimum absolute atomic E-state index is 0.0286. The van der Waals surface area contributed by atoms with E-state index in [0.717, 1.165) is 32.1 Å². The van der Waals surface area contributed by atoms with Crippen LogP contribution in [0.3, 0.4) is 0 Å². The van der Waals surface area contributed by atoms with Gasteiger partial charge in [-0.05, 0) is 46.0 Å². The molecule has 5 nitrogen and oxygen atoms in total. The summed E-state index contributed by atoms with van der Waals surface area (Å²) in [5.74, 6) is 0. The van der Waals surface area contributed by atoms with Crippen molar-refractivity contribution in [3.63, 3.8) is 0 Å². The number of nitrogens with zero attached hydrogens (tertiary/aromatic N) is 2. The third-order valence-electron chi connectivity index (χ3n) is 4.27. The van der Waals surface area contributed by atoms with Gasteiger partial charge >= 0.3 is 0 Å². The molecule has 0 aromatic rings. The normalized spacial score (nSPS) is 32.6. The predicted molar refractivity (Wildman–Crippen MR) is 75.0 cm³/mol. The van der Waals surface area contributed by atoms with Crippen LogP contribution in [0.15, 0.2) is 0 Å². The molecule has 3 unspecified atom stereocenters. The molecule has 19 heavy (non-hydrogen) atoms. The van der Waals surface area contributed by atoms with E-state index in [1.807, 2.05) is 6.92 Å². The lowest BCUT2D eigenvalue weighted by Gasteiger charge is -2.37. The highest BCUT2D eigenvalue weighted by atomic mass is 32.2. The fourth-order valence-corrected chi connectivity index (χ4v) is 5.41. The second kappa shape index (κ2) is 6.08. The Labute approximate surface area is 116 Å². The van der Waals surface area contributed by atoms with Crippen LogP contribution in [-0.2, 0) is 10.2 Å². The van der Waals surface area contributed by atoms with E-state index in [1.165, 1.54) is 0 Å². The van der Waals surface area contributed by atoms with E-state index < -0.39 is 16.3 Å². The highest BCUT2D eigenvalue weighted by Crippen LogP contribution is 2.29. The van der Waals surface area contributed by atoms with Gasteiger partial charge in [0, 0.05) is 25.2 Å². The van der Waals surface area contributed by atoms with Crippen LogP contribution >= 0.6 is 0 Å². The fourth-order valence-electron chi connectivity index (χ4n) is 3.29. The van der Waals surface area contributed by atoms with Gasteiger partial charge in [0.15, 0.2) is 0 Å². The zero-order valence-corrected chi connectivity index (χ0v) is 12.8. The smallest absolute Gasteiger partial charge is 0.282 e. The topological polar surface area (TPSA) is 60.9 Å². The van der Waals surface area contributed by atoms with Crippen LogP contribution < -0.4 is 0 Å². The maximum Gasteiger partial charge on any atom is 0.282 e. The molecular weight excluding hydrogens is 264 g/mol. The molecular formula is C13H26N2O3S. The summed E-state index contributed by atoms with van der Waals surface area (Å²) in [5.41, 5.74) is 0. The third-order valence-corrected chi connectivity index (χ3v) is 6.48. The van der Waals surface area contributed by atoms with Crippen LogP contribution in [0, 0.1) is 0 Å². The Hall–Kier alpha value is -0.170. The van der Waals surface area contributed by atoms with Gasteiger partial charge in [0.2, 0.25) is 0 Å². The highest BCUT2D eigenvalue weighted by Gasteiger charge is 2.40. The summed E-state index contributed by atoms with van der Waals surface area (Å²) in [6, 6.07) is 0.0747. The lowest BCUT2D eigenvalue weighted by molar-refractivity contribution is 0.153. The van der Waals surface area contributed by atoms with Crippen molar-refractivity contribution in [1.82, 2.24) is 8.61 Å². The summed E-state index contributed by atoms with van der Waals surface area (Å²) in [6.45, 7) is 4.97. The van der Waals surface area contributed by atoms with Crippen molar-refractivity contribution in [1.29, 1.82) is 0 Å². The lowest BCUT2D eigenvalue weighted by atomic mass is 10.1. The fraction of sp³-hybridized carbons (Fsp3) is 1.00. The molecule has 0 bridgehead atoms. The minimum Gasteiger partial charge on any atom is -0.393 e. The molecule has 0 aromatic carbocycles. The molecule has 2 aliphatic rings. The SMILES string of the molecule is CC(O)CC1CCCN1S(=O)(=O)N1CCCCC1C. The standard InChI is InChI=1S/C13H26N2O3S/c1-11-6-3-4-8-14(11)19(17,18)15-9-5-7-13(15)10-12(2)16/h11-13,16H,3-10H2,1-2H3. The van der Waals surface area contributed by atoms with Gasteiger partial charge in [-0.25, -0.2) is 0 Å². The number of rotatable bonds is 4. The molecule has 1 N–H and O–H groups in total. The Morgan fingerprint density at radius 2 is 1.84 bits per heavy atom. The van der Waals surface area contributed by atoms with E-state index in [1.54, 1.807) is 15.5 Å². The number of aliphatic hydroxyl groups excluding tert-OH is 1. The number of hydrogen-bond donors (Lipinski definition) is 1. The molecule has 6 heteroatoms. The molecule has 0 aromatic heterocycles. The predicted octanol–water partition coefficient (Wildman–Crippen LogP) is 1.34. The van der Waals surface area contributed by atoms with Gasteiger partial charge in [0.25, 0.3) is 10.2 Å². The van der Waals surface area contributed by atoms with Crippen LogP contribution in [0.1, 0.15) is 52.4 Å². The van der Waals surface area contributed by atoms with E-state index >= 15 is 0 Å². The van der Waals surface area contributed by atoms with Gasteiger partial charge < -0.3 is 5.11 Å². The first-order chi connectivity index (χ1) is 8.93. The van der Waals surface area contributed by atoms with Gasteiger partial charge in [-0.2, -0.15) is 17.0 Å². The first kappa shape index (κ1) is 15.2. The van der Waals surface area contributed by atoms with E-state index in [0.29, 0.717) is 19.5 Å². The maximum absolute atomic E-state index is 12.8. The first-order valence-electron chi connectivity index (χ1n) is 7.39. The Morgan fingerprint density at radius 3 is 2.47 bits per heavy atom. The molecule has 0 aliphatic carbocycles. The molecule has 2 heterocycles. The molecule has 2 aliphatic heterocycles. The van der Waals surface area contributed by atoms with E-state index in [4.69, 9.17) is 0 Å². The first-order valence-corrected chi connectivity index (χ1v) is 8.79. The van der Waals surface area contributed by atoms with E-state index in [9.17, 15) is 13.5 Å². The Kier molecular flexibility index (Phi) is 4.87. The quantitative estimate of drug-likeness (QED) is 0.850. The van der Waals surface area contributed by atoms with Gasteiger partial charge in [0.1, 0.15) is 0 Å². The van der Waals surface area contributed by atoms with Crippen molar-refractivity contribution >= 4 is 10.2 Å². The molecule has 0 saturated carbocycles. The average Bonchev–Trinajstić information content (AvgIpc) is 2.77. The van der Waals surface area contributed by atoms with E-state index in [2.05, 4.69) is 0 Å². The number of aliphatic hydroxyl groups is 1. The molecule has 0 amide bonds. The molecule has 2 rings (SSSR count). The zero-order chi connectivity index (χ0) is 14.0. The Morgan fingerprint density at radius 1 is 1.16 bits per heavy atom. The van der Waals surface area contributed by atoms with Crippen LogP contribution in [0.5, 0.6) is 0 Å². The number of piperidine rings is 1. The van der Waals surface area contributed by atoms with Crippen molar-refractivity contribution in [2.45, 2.75) is 70.6 Å². The average molecular weight is 290 g/mol. The van der Waals surface area contributed by atoms with Gasteiger partial charge in [-0.15, -0.1) is 0 Å². The Bertz CT molecular complexity index is 397. The molecule has 0 spiro atoms. The van der Waals surface area contributed by atoms with Gasteiger partial charge in [-0.1, -0.05) is 6.42 Å². The summed E-state index contributed by atoms with van der Waals surface area (Å²) in [5, 5.41) is 9.52. The van der Waals surface area contributed by atoms with Crippen molar-refractivity contribution in [3.05, 3.63) is 0 Å². The molecule has 3 atom stereocenters.